The van der Waals surface area contributed by atoms with Crippen LogP contribution in [-0.2, 0) is 9.84 Å². The van der Waals surface area contributed by atoms with Crippen molar-refractivity contribution in [1.29, 1.82) is 0 Å². The van der Waals surface area contributed by atoms with Gasteiger partial charge in [-0.2, -0.15) is 0 Å². The van der Waals surface area contributed by atoms with Crippen LogP contribution in [0.3, 0.4) is 0 Å². The average Bonchev–Trinajstić information content (AvgIpc) is 1.63. The van der Waals surface area contributed by atoms with Crippen LogP contribution in [0.2, 0.25) is 0 Å². The van der Waals surface area contributed by atoms with Crippen LogP contribution in [0.4, 0.5) is 0 Å². The van der Waals surface area contributed by atoms with Gasteiger partial charge in [-0.3, -0.25) is 0 Å². The first kappa shape index (κ1) is 4.84. The minimum Gasteiger partial charge on any atom is -0.224 e. The second-order valence-electron chi connectivity index (χ2n) is 1.62. The van der Waals surface area contributed by atoms with Gasteiger partial charge in [0.05, 0.1) is 5.25 Å². The topological polar surface area (TPSA) is 34.1 Å². The van der Waals surface area contributed by atoms with Crippen molar-refractivity contribution in [2.45, 2.75) is 12.2 Å². The second kappa shape index (κ2) is 1.10. The fraction of sp³-hybridized carbons (Fsp3) is 0.500. The largest absolute Gasteiger partial charge is 0.224 e. The molecule has 0 aromatic heterocycles. The van der Waals surface area contributed by atoms with Crippen molar-refractivity contribution >= 4 is 9.84 Å². The number of hydrogen-bond acceptors (Lipinski definition) is 2. The van der Waals surface area contributed by atoms with E-state index in [1.54, 1.807) is 13.0 Å². The Labute approximate surface area is 42.8 Å². The molecule has 40 valence electrons. The van der Waals surface area contributed by atoms with Gasteiger partial charge in [-0.25, -0.2) is 8.42 Å². The summed E-state index contributed by atoms with van der Waals surface area (Å²) in [5.41, 5.74) is 0. The van der Waals surface area contributed by atoms with Gasteiger partial charge in [0.15, 0.2) is 9.84 Å². The molecule has 0 saturated carbocycles. The molecule has 0 aromatic carbocycles. The summed E-state index contributed by atoms with van der Waals surface area (Å²) in [5.74, 6) is 0. The van der Waals surface area contributed by atoms with Crippen molar-refractivity contribution in [3.63, 3.8) is 0 Å². The van der Waals surface area contributed by atoms with E-state index in [1.807, 2.05) is 0 Å². The predicted octanol–water partition coefficient (Wildman–Crippen LogP) is 0.317. The summed E-state index contributed by atoms with van der Waals surface area (Å²) in [5, 5.41) is 1.00. The molecule has 0 amide bonds. The Morgan fingerprint density at radius 1 is 1.57 bits per heavy atom. The Kier molecular flexibility index (Phi) is 0.757. The SMILES string of the molecule is CC1C=CS1(=O)=O. The molecule has 0 spiro atoms. The number of sulfone groups is 1. The van der Waals surface area contributed by atoms with Gasteiger partial charge in [-0.05, 0) is 6.92 Å². The molecule has 2 nitrogen and oxygen atoms in total. The summed E-state index contributed by atoms with van der Waals surface area (Å²) in [7, 11) is -2.74. The van der Waals surface area contributed by atoms with Gasteiger partial charge in [-0.15, -0.1) is 0 Å². The number of hydrogen-bond donors (Lipinski definition) is 0. The monoisotopic (exact) mass is 118 g/mol. The summed E-state index contributed by atoms with van der Waals surface area (Å²) in [6.07, 6.45) is 1.66. The van der Waals surface area contributed by atoms with Crippen LogP contribution in [0, 0.1) is 0 Å². The van der Waals surface area contributed by atoms with Crippen LogP contribution in [0.1, 0.15) is 6.92 Å². The van der Waals surface area contributed by atoms with Crippen molar-refractivity contribution in [3.05, 3.63) is 11.5 Å². The highest BCUT2D eigenvalue weighted by Crippen LogP contribution is 2.14. The molecule has 0 aliphatic carbocycles. The van der Waals surface area contributed by atoms with Crippen molar-refractivity contribution in [2.24, 2.45) is 0 Å². The quantitative estimate of drug-likeness (QED) is 0.459. The highest BCUT2D eigenvalue weighted by molar-refractivity contribution is 7.96. The Hall–Kier alpha value is -0.310. The smallest absolute Gasteiger partial charge is 0.177 e. The van der Waals surface area contributed by atoms with Gasteiger partial charge in [-0.1, -0.05) is 6.08 Å². The summed E-state index contributed by atoms with van der Waals surface area (Å²) in [4.78, 5) is 0. The third kappa shape index (κ3) is 0.567. The molecule has 1 aliphatic rings. The third-order valence-electron chi connectivity index (χ3n) is 1.06. The van der Waals surface area contributed by atoms with E-state index >= 15 is 0 Å². The highest BCUT2D eigenvalue weighted by Gasteiger charge is 2.22. The van der Waals surface area contributed by atoms with Crippen LogP contribution in [0.15, 0.2) is 11.5 Å². The van der Waals surface area contributed by atoms with Crippen molar-refractivity contribution < 1.29 is 8.42 Å². The maximum atomic E-state index is 10.3. The maximum Gasteiger partial charge on any atom is 0.177 e. The molecule has 0 radical (unpaired) electrons. The summed E-state index contributed by atoms with van der Waals surface area (Å²) >= 11 is 0. The average molecular weight is 118 g/mol. The van der Waals surface area contributed by atoms with E-state index in [0.717, 1.165) is 0 Å². The lowest BCUT2D eigenvalue weighted by molar-refractivity contribution is 0.595. The molecule has 0 fully saturated rings. The molecule has 1 aliphatic heterocycles. The first-order valence-electron chi connectivity index (χ1n) is 2.05. The third-order valence-corrected chi connectivity index (χ3v) is 2.79. The van der Waals surface area contributed by atoms with E-state index < -0.39 is 9.84 Å². The normalized spacial score (nSPS) is 34.7. The fourth-order valence-corrected chi connectivity index (χ4v) is 1.09. The first-order chi connectivity index (χ1) is 3.13. The van der Waals surface area contributed by atoms with Crippen LogP contribution in [0.5, 0.6) is 0 Å². The molecule has 7 heavy (non-hydrogen) atoms. The van der Waals surface area contributed by atoms with Crippen LogP contribution < -0.4 is 0 Å². The summed E-state index contributed by atoms with van der Waals surface area (Å²) in [6.45, 7) is 1.66. The molecule has 0 saturated heterocycles. The van der Waals surface area contributed by atoms with E-state index in [2.05, 4.69) is 0 Å². The van der Waals surface area contributed by atoms with Gasteiger partial charge in [0.1, 0.15) is 0 Å². The lowest BCUT2D eigenvalue weighted by Crippen LogP contribution is -2.19. The summed E-state index contributed by atoms with van der Waals surface area (Å²) in [6, 6.07) is 0. The Balaban J connectivity index is 3.08. The molecule has 1 atom stereocenters. The van der Waals surface area contributed by atoms with E-state index in [9.17, 15) is 8.42 Å². The summed E-state index contributed by atoms with van der Waals surface area (Å²) < 4.78 is 20.7. The second-order valence-corrected chi connectivity index (χ2v) is 3.82. The predicted molar refractivity (Wildman–Crippen MR) is 27.5 cm³/mol. The minimum atomic E-state index is -2.74. The Bertz CT molecular complexity index is 188. The van der Waals surface area contributed by atoms with E-state index in [4.69, 9.17) is 0 Å². The molecular formula is C4H6O2S. The van der Waals surface area contributed by atoms with Crippen molar-refractivity contribution in [3.8, 4) is 0 Å². The molecule has 1 heterocycles. The van der Waals surface area contributed by atoms with Gasteiger partial charge in [0, 0.05) is 5.41 Å². The van der Waals surface area contributed by atoms with Crippen molar-refractivity contribution in [2.75, 3.05) is 0 Å². The molecule has 0 aromatic rings. The van der Waals surface area contributed by atoms with Gasteiger partial charge in [0.25, 0.3) is 0 Å². The fourth-order valence-electron chi connectivity index (χ4n) is 0.364. The van der Waals surface area contributed by atoms with E-state index in [1.165, 1.54) is 5.41 Å². The minimum absolute atomic E-state index is 0.229. The zero-order valence-corrected chi connectivity index (χ0v) is 4.77. The lowest BCUT2D eigenvalue weighted by Gasteiger charge is -2.10. The van der Waals surface area contributed by atoms with E-state index in [-0.39, 0.29) is 5.25 Å². The molecule has 0 bridgehead atoms. The van der Waals surface area contributed by atoms with Crippen LogP contribution in [-0.4, -0.2) is 13.7 Å². The number of rotatable bonds is 0. The van der Waals surface area contributed by atoms with E-state index in [0.29, 0.717) is 0 Å². The standard InChI is InChI=1S/C4H6O2S/c1-4-2-3-7(4,5)6/h2-4H,1H3. The van der Waals surface area contributed by atoms with Gasteiger partial charge in [0.2, 0.25) is 0 Å². The van der Waals surface area contributed by atoms with Gasteiger partial charge >= 0.3 is 0 Å². The Morgan fingerprint density at radius 2 is 2.00 bits per heavy atom. The molecule has 3 heteroatoms. The molecule has 1 unspecified atom stereocenters. The lowest BCUT2D eigenvalue weighted by atomic mass is 10.5. The molecular weight excluding hydrogens is 112 g/mol. The maximum absolute atomic E-state index is 10.3. The van der Waals surface area contributed by atoms with Crippen LogP contribution in [0.25, 0.3) is 0 Å². The van der Waals surface area contributed by atoms with Crippen molar-refractivity contribution in [1.82, 2.24) is 0 Å². The molecule has 0 N–H and O–H groups in total. The van der Waals surface area contributed by atoms with Gasteiger partial charge < -0.3 is 0 Å². The van der Waals surface area contributed by atoms with Crippen LogP contribution >= 0.6 is 0 Å². The zero-order valence-electron chi connectivity index (χ0n) is 3.96. The highest BCUT2D eigenvalue weighted by atomic mass is 32.2. The molecule has 1 rings (SSSR count). The zero-order chi connectivity index (χ0) is 5.49. The Morgan fingerprint density at radius 3 is 2.00 bits per heavy atom. The first-order valence-corrected chi connectivity index (χ1v) is 3.66.